The Balaban J connectivity index is 3.07. The third-order valence-electron chi connectivity index (χ3n) is 3.43. The maximum atomic E-state index is 4.12. The topological polar surface area (TPSA) is 12.0 Å². The van der Waals surface area contributed by atoms with Crippen LogP contribution in [0.15, 0.2) is 24.3 Å². The smallest absolute Gasteiger partial charge is 0.0360 e. The van der Waals surface area contributed by atoms with Gasteiger partial charge in [-0.3, -0.25) is 0 Å². The highest BCUT2D eigenvalue weighted by Gasteiger charge is 2.15. The predicted octanol–water partition coefficient (Wildman–Crippen LogP) is 4.23. The normalized spacial score (nSPS) is 12.5. The van der Waals surface area contributed by atoms with Gasteiger partial charge in [0, 0.05) is 6.04 Å². The van der Waals surface area contributed by atoms with E-state index in [0.29, 0.717) is 6.04 Å². The average Bonchev–Trinajstić information content (AvgIpc) is 2.25. The first-order valence-corrected chi connectivity index (χ1v) is 6.41. The Morgan fingerprint density at radius 2 is 1.76 bits per heavy atom. The van der Waals surface area contributed by atoms with E-state index in [2.05, 4.69) is 51.7 Å². The van der Waals surface area contributed by atoms with Crippen molar-refractivity contribution < 1.29 is 0 Å². The molecule has 0 amide bonds. The minimum Gasteiger partial charge on any atom is -0.313 e. The quantitative estimate of drug-likeness (QED) is 0.748. The molecule has 94 valence electrons. The molecule has 17 heavy (non-hydrogen) atoms. The molecule has 0 aliphatic rings. The van der Waals surface area contributed by atoms with Gasteiger partial charge in [-0.1, -0.05) is 36.8 Å². The Bertz CT molecular complexity index is 381. The summed E-state index contributed by atoms with van der Waals surface area (Å²) < 4.78 is 0. The van der Waals surface area contributed by atoms with Crippen LogP contribution in [0.2, 0.25) is 0 Å². The summed E-state index contributed by atoms with van der Waals surface area (Å²) in [5.41, 5.74) is 6.85. The Morgan fingerprint density at radius 1 is 1.24 bits per heavy atom. The molecule has 0 heterocycles. The number of hydrogen-bond donors (Lipinski definition) is 1. The summed E-state index contributed by atoms with van der Waals surface area (Å²) in [6.07, 6.45) is 2.08. The first-order valence-electron chi connectivity index (χ1n) is 6.41. The molecule has 0 radical (unpaired) electrons. The van der Waals surface area contributed by atoms with Crippen LogP contribution >= 0.6 is 0 Å². The zero-order valence-electron chi connectivity index (χ0n) is 11.9. The lowest BCUT2D eigenvalue weighted by molar-refractivity contribution is 0.576. The van der Waals surface area contributed by atoms with Crippen molar-refractivity contribution in [1.29, 1.82) is 0 Å². The van der Waals surface area contributed by atoms with Gasteiger partial charge in [0.05, 0.1) is 0 Å². The highest BCUT2D eigenvalue weighted by molar-refractivity contribution is 5.40. The van der Waals surface area contributed by atoms with Crippen molar-refractivity contribution in [2.75, 3.05) is 7.05 Å². The molecule has 1 nitrogen and oxygen atoms in total. The molecule has 0 spiro atoms. The van der Waals surface area contributed by atoms with Crippen LogP contribution < -0.4 is 5.32 Å². The van der Waals surface area contributed by atoms with Gasteiger partial charge >= 0.3 is 0 Å². The van der Waals surface area contributed by atoms with Crippen LogP contribution in [0.1, 0.15) is 48.1 Å². The van der Waals surface area contributed by atoms with E-state index in [1.807, 2.05) is 7.05 Å². The fourth-order valence-electron chi connectivity index (χ4n) is 2.52. The van der Waals surface area contributed by atoms with Crippen LogP contribution in [0, 0.1) is 20.8 Å². The molecule has 0 aliphatic heterocycles. The highest BCUT2D eigenvalue weighted by Crippen LogP contribution is 2.28. The van der Waals surface area contributed by atoms with Gasteiger partial charge in [-0.15, -0.1) is 0 Å². The van der Waals surface area contributed by atoms with E-state index >= 15 is 0 Å². The summed E-state index contributed by atoms with van der Waals surface area (Å²) in [7, 11) is 2.03. The Kier molecular flexibility index (Phi) is 4.95. The van der Waals surface area contributed by atoms with Crippen LogP contribution in [0.3, 0.4) is 0 Å². The minimum absolute atomic E-state index is 0.392. The standard InChI is InChI=1S/C16H25N/c1-7-11(2)10-15(17-6)16-13(4)8-12(3)9-14(16)5/h8-9,15,17H,2,7,10H2,1,3-6H3. The van der Waals surface area contributed by atoms with Gasteiger partial charge in [-0.25, -0.2) is 0 Å². The number of aryl methyl sites for hydroxylation is 3. The lowest BCUT2D eigenvalue weighted by Crippen LogP contribution is -2.19. The van der Waals surface area contributed by atoms with E-state index in [1.54, 1.807) is 0 Å². The van der Waals surface area contributed by atoms with Gasteiger partial charge in [-0.05, 0) is 57.4 Å². The van der Waals surface area contributed by atoms with Crippen molar-refractivity contribution in [2.24, 2.45) is 0 Å². The molecule has 1 heteroatoms. The lowest BCUT2D eigenvalue weighted by Gasteiger charge is -2.22. The summed E-state index contributed by atoms with van der Waals surface area (Å²) in [6.45, 7) is 12.9. The molecule has 0 saturated heterocycles. The van der Waals surface area contributed by atoms with Gasteiger partial charge in [0.25, 0.3) is 0 Å². The Hall–Kier alpha value is -1.08. The summed E-state index contributed by atoms with van der Waals surface area (Å²) >= 11 is 0. The van der Waals surface area contributed by atoms with E-state index in [9.17, 15) is 0 Å². The van der Waals surface area contributed by atoms with Gasteiger partial charge in [0.1, 0.15) is 0 Å². The van der Waals surface area contributed by atoms with Crippen LogP contribution in [-0.2, 0) is 0 Å². The molecule has 1 aromatic rings. The number of nitrogens with one attached hydrogen (secondary N) is 1. The summed E-state index contributed by atoms with van der Waals surface area (Å²) in [5, 5.41) is 3.42. The van der Waals surface area contributed by atoms with Crippen molar-refractivity contribution in [3.8, 4) is 0 Å². The Morgan fingerprint density at radius 3 is 2.18 bits per heavy atom. The van der Waals surface area contributed by atoms with E-state index in [-0.39, 0.29) is 0 Å². The molecule has 0 bridgehead atoms. The average molecular weight is 231 g/mol. The maximum absolute atomic E-state index is 4.12. The van der Waals surface area contributed by atoms with Gasteiger partial charge in [0.2, 0.25) is 0 Å². The molecule has 1 rings (SSSR count). The monoisotopic (exact) mass is 231 g/mol. The predicted molar refractivity (Wildman–Crippen MR) is 76.5 cm³/mol. The second kappa shape index (κ2) is 6.02. The maximum Gasteiger partial charge on any atom is 0.0360 e. The SMILES string of the molecule is C=C(CC)CC(NC)c1c(C)cc(C)cc1C. The van der Waals surface area contributed by atoms with Crippen LogP contribution in [0.5, 0.6) is 0 Å². The zero-order valence-corrected chi connectivity index (χ0v) is 11.9. The first kappa shape index (κ1) is 14.0. The van der Waals surface area contributed by atoms with Crippen molar-refractivity contribution in [1.82, 2.24) is 5.32 Å². The second-order valence-electron chi connectivity index (χ2n) is 4.96. The molecule has 1 unspecified atom stereocenters. The third kappa shape index (κ3) is 3.44. The summed E-state index contributed by atoms with van der Waals surface area (Å²) in [4.78, 5) is 0. The van der Waals surface area contributed by atoms with Crippen molar-refractivity contribution >= 4 is 0 Å². The Labute approximate surface area is 106 Å². The number of benzene rings is 1. The van der Waals surface area contributed by atoms with Gasteiger partial charge in [-0.2, -0.15) is 0 Å². The molecule has 1 atom stereocenters. The number of hydrogen-bond acceptors (Lipinski definition) is 1. The van der Waals surface area contributed by atoms with Gasteiger partial charge < -0.3 is 5.32 Å². The molecule has 0 aliphatic carbocycles. The summed E-state index contributed by atoms with van der Waals surface area (Å²) in [5.74, 6) is 0. The molecule has 1 N–H and O–H groups in total. The summed E-state index contributed by atoms with van der Waals surface area (Å²) in [6, 6.07) is 4.92. The van der Waals surface area contributed by atoms with E-state index < -0.39 is 0 Å². The molecule has 0 saturated carbocycles. The van der Waals surface area contributed by atoms with Crippen molar-refractivity contribution in [3.63, 3.8) is 0 Å². The minimum atomic E-state index is 0.392. The molecule has 0 fully saturated rings. The molecule has 0 aromatic heterocycles. The highest BCUT2D eigenvalue weighted by atomic mass is 14.9. The molecule has 1 aromatic carbocycles. The second-order valence-corrected chi connectivity index (χ2v) is 4.96. The van der Waals surface area contributed by atoms with E-state index in [0.717, 1.165) is 12.8 Å². The van der Waals surface area contributed by atoms with Crippen LogP contribution in [0.4, 0.5) is 0 Å². The first-order chi connectivity index (χ1) is 7.99. The van der Waals surface area contributed by atoms with Crippen molar-refractivity contribution in [2.45, 2.75) is 46.6 Å². The third-order valence-corrected chi connectivity index (χ3v) is 3.43. The molecular formula is C16H25N. The fraction of sp³-hybridized carbons (Fsp3) is 0.500. The van der Waals surface area contributed by atoms with E-state index in [1.165, 1.54) is 27.8 Å². The zero-order chi connectivity index (χ0) is 13.0. The molecular weight excluding hydrogens is 206 g/mol. The largest absolute Gasteiger partial charge is 0.313 e. The van der Waals surface area contributed by atoms with Crippen LogP contribution in [0.25, 0.3) is 0 Å². The van der Waals surface area contributed by atoms with Crippen LogP contribution in [-0.4, -0.2) is 7.05 Å². The van der Waals surface area contributed by atoms with E-state index in [4.69, 9.17) is 0 Å². The van der Waals surface area contributed by atoms with Crippen molar-refractivity contribution in [3.05, 3.63) is 46.5 Å². The van der Waals surface area contributed by atoms with Gasteiger partial charge in [0.15, 0.2) is 0 Å². The fourth-order valence-corrected chi connectivity index (χ4v) is 2.52. The number of rotatable bonds is 5. The lowest BCUT2D eigenvalue weighted by atomic mass is 9.90.